The van der Waals surface area contributed by atoms with Gasteiger partial charge in [0.1, 0.15) is 5.82 Å². The van der Waals surface area contributed by atoms with Gasteiger partial charge in [-0.1, -0.05) is 6.42 Å². The predicted octanol–water partition coefficient (Wildman–Crippen LogP) is 0.930. The molecule has 0 aromatic carbocycles. The van der Waals surface area contributed by atoms with Gasteiger partial charge in [-0.2, -0.15) is 4.31 Å². The molecule has 0 bridgehead atoms. The first-order chi connectivity index (χ1) is 8.55. The number of anilines is 1. The Bertz CT molecular complexity index is 518. The highest BCUT2D eigenvalue weighted by atomic mass is 32.2. The maximum absolute atomic E-state index is 12.5. The molecule has 18 heavy (non-hydrogen) atoms. The molecule has 1 saturated heterocycles. The Morgan fingerprint density at radius 2 is 2.28 bits per heavy atom. The number of sulfonamides is 1. The quantitative estimate of drug-likeness (QED) is 0.630. The van der Waals surface area contributed by atoms with Crippen LogP contribution < -0.4 is 11.3 Å². The largest absolute Gasteiger partial charge is 0.308 e. The van der Waals surface area contributed by atoms with Gasteiger partial charge in [0.2, 0.25) is 10.0 Å². The Labute approximate surface area is 107 Å². The minimum Gasteiger partial charge on any atom is -0.308 e. The molecule has 1 aromatic heterocycles. The minimum absolute atomic E-state index is 0.0474. The third-order valence-electron chi connectivity index (χ3n) is 3.23. The zero-order valence-corrected chi connectivity index (χ0v) is 11.2. The maximum Gasteiger partial charge on any atom is 0.243 e. The van der Waals surface area contributed by atoms with Gasteiger partial charge in [0.05, 0.1) is 4.90 Å². The summed E-state index contributed by atoms with van der Waals surface area (Å²) in [5.74, 6) is 5.59. The van der Waals surface area contributed by atoms with Crippen LogP contribution in [0.3, 0.4) is 0 Å². The van der Waals surface area contributed by atoms with Gasteiger partial charge in [0.15, 0.2) is 0 Å². The number of nitrogen functional groups attached to an aromatic ring is 1. The number of pyridine rings is 1. The van der Waals surface area contributed by atoms with E-state index in [9.17, 15) is 8.42 Å². The van der Waals surface area contributed by atoms with Crippen molar-refractivity contribution in [3.05, 3.63) is 18.3 Å². The van der Waals surface area contributed by atoms with E-state index in [2.05, 4.69) is 10.4 Å². The summed E-state index contributed by atoms with van der Waals surface area (Å²) in [5, 5.41) is 0. The van der Waals surface area contributed by atoms with E-state index in [1.807, 2.05) is 6.92 Å². The maximum atomic E-state index is 12.5. The molecule has 100 valence electrons. The monoisotopic (exact) mass is 270 g/mol. The van der Waals surface area contributed by atoms with Crippen LogP contribution in [-0.4, -0.2) is 30.3 Å². The van der Waals surface area contributed by atoms with Crippen molar-refractivity contribution >= 4 is 15.8 Å². The van der Waals surface area contributed by atoms with Crippen molar-refractivity contribution in [2.75, 3.05) is 12.0 Å². The molecule has 0 radical (unpaired) electrons. The predicted molar refractivity (Wildman–Crippen MR) is 69.3 cm³/mol. The molecule has 1 aliphatic heterocycles. The van der Waals surface area contributed by atoms with Crippen LogP contribution >= 0.6 is 0 Å². The number of nitrogens with zero attached hydrogens (tertiary/aromatic N) is 2. The lowest BCUT2D eigenvalue weighted by atomic mass is 10.1. The SMILES string of the molecule is CC1CCCCN1S(=O)(=O)c1ccnc(NN)c1. The number of aromatic nitrogens is 1. The van der Waals surface area contributed by atoms with E-state index in [0.717, 1.165) is 19.3 Å². The normalized spacial score (nSPS) is 21.8. The second kappa shape index (κ2) is 5.21. The molecule has 3 N–H and O–H groups in total. The van der Waals surface area contributed by atoms with Gasteiger partial charge in [0.25, 0.3) is 0 Å². The van der Waals surface area contributed by atoms with Crippen LogP contribution in [0.4, 0.5) is 5.82 Å². The fraction of sp³-hybridized carbons (Fsp3) is 0.545. The molecular formula is C11H18N4O2S. The lowest BCUT2D eigenvalue weighted by Gasteiger charge is -2.32. The first kappa shape index (κ1) is 13.3. The van der Waals surface area contributed by atoms with E-state index in [-0.39, 0.29) is 10.9 Å². The molecule has 0 saturated carbocycles. The third kappa shape index (κ3) is 2.47. The summed E-state index contributed by atoms with van der Waals surface area (Å²) in [6.07, 6.45) is 4.35. The fourth-order valence-corrected chi connectivity index (χ4v) is 3.93. The number of hydrogen-bond acceptors (Lipinski definition) is 5. The molecule has 1 unspecified atom stereocenters. The highest BCUT2D eigenvalue weighted by Gasteiger charge is 2.31. The van der Waals surface area contributed by atoms with Gasteiger partial charge >= 0.3 is 0 Å². The summed E-state index contributed by atoms with van der Waals surface area (Å²) in [5.41, 5.74) is 2.36. The van der Waals surface area contributed by atoms with Crippen LogP contribution in [0.5, 0.6) is 0 Å². The second-order valence-electron chi connectivity index (χ2n) is 4.48. The molecule has 0 aliphatic carbocycles. The Morgan fingerprint density at radius 3 is 2.94 bits per heavy atom. The first-order valence-electron chi connectivity index (χ1n) is 6.00. The van der Waals surface area contributed by atoms with Crippen LogP contribution in [0, 0.1) is 0 Å². The van der Waals surface area contributed by atoms with Crippen molar-refractivity contribution in [2.45, 2.75) is 37.1 Å². The lowest BCUT2D eigenvalue weighted by molar-refractivity contribution is 0.268. The number of hydrazine groups is 1. The van der Waals surface area contributed by atoms with Crippen molar-refractivity contribution in [2.24, 2.45) is 5.84 Å². The second-order valence-corrected chi connectivity index (χ2v) is 6.37. The molecule has 0 amide bonds. The molecule has 1 atom stereocenters. The van der Waals surface area contributed by atoms with Gasteiger partial charge in [-0.05, 0) is 25.8 Å². The topological polar surface area (TPSA) is 88.3 Å². The van der Waals surface area contributed by atoms with E-state index < -0.39 is 10.0 Å². The smallest absolute Gasteiger partial charge is 0.243 e. The van der Waals surface area contributed by atoms with Crippen molar-refractivity contribution in [1.82, 2.24) is 9.29 Å². The summed E-state index contributed by atoms with van der Waals surface area (Å²) in [7, 11) is -3.45. The zero-order chi connectivity index (χ0) is 13.2. The number of nitrogens with one attached hydrogen (secondary N) is 1. The number of piperidine rings is 1. The van der Waals surface area contributed by atoms with Crippen molar-refractivity contribution in [1.29, 1.82) is 0 Å². The fourth-order valence-electron chi connectivity index (χ4n) is 2.21. The highest BCUT2D eigenvalue weighted by molar-refractivity contribution is 7.89. The van der Waals surface area contributed by atoms with Crippen molar-refractivity contribution < 1.29 is 8.42 Å². The average molecular weight is 270 g/mol. The number of nitrogens with two attached hydrogens (primary N) is 1. The Hall–Kier alpha value is -1.18. The molecule has 2 heterocycles. The lowest BCUT2D eigenvalue weighted by Crippen LogP contribution is -2.41. The standard InChI is InChI=1S/C11H18N4O2S/c1-9-4-2-3-7-15(9)18(16,17)10-5-6-13-11(8-10)14-12/h5-6,8-9H,2-4,7,12H2,1H3,(H,13,14). The summed E-state index contributed by atoms with van der Waals surface area (Å²) >= 11 is 0. The molecule has 1 aromatic rings. The molecule has 6 nitrogen and oxygen atoms in total. The Morgan fingerprint density at radius 1 is 1.50 bits per heavy atom. The summed E-state index contributed by atoms with van der Waals surface area (Å²) in [6, 6.07) is 3.00. The molecular weight excluding hydrogens is 252 g/mol. The van der Waals surface area contributed by atoms with Crippen molar-refractivity contribution in [3.8, 4) is 0 Å². The molecule has 1 aliphatic rings. The molecule has 1 fully saturated rings. The van der Waals surface area contributed by atoms with E-state index in [0.29, 0.717) is 12.4 Å². The summed E-state index contributed by atoms with van der Waals surface area (Å²) in [6.45, 7) is 2.53. The first-order valence-corrected chi connectivity index (χ1v) is 7.44. The van der Waals surface area contributed by atoms with E-state index in [1.54, 1.807) is 4.31 Å². The van der Waals surface area contributed by atoms with Gasteiger partial charge < -0.3 is 5.43 Å². The molecule has 7 heteroatoms. The number of rotatable bonds is 3. The van der Waals surface area contributed by atoms with Crippen LogP contribution in [-0.2, 0) is 10.0 Å². The highest BCUT2D eigenvalue weighted by Crippen LogP contribution is 2.25. The Balaban J connectivity index is 2.34. The van der Waals surface area contributed by atoms with Gasteiger partial charge in [-0.15, -0.1) is 0 Å². The van der Waals surface area contributed by atoms with Gasteiger partial charge in [-0.3, -0.25) is 0 Å². The van der Waals surface area contributed by atoms with E-state index in [1.165, 1.54) is 18.3 Å². The third-order valence-corrected chi connectivity index (χ3v) is 5.24. The van der Waals surface area contributed by atoms with Crippen LogP contribution in [0.1, 0.15) is 26.2 Å². The zero-order valence-electron chi connectivity index (χ0n) is 10.3. The van der Waals surface area contributed by atoms with Gasteiger partial charge in [0, 0.05) is 24.8 Å². The molecule has 0 spiro atoms. The summed E-state index contributed by atoms with van der Waals surface area (Å²) in [4.78, 5) is 4.15. The van der Waals surface area contributed by atoms with Crippen LogP contribution in [0.25, 0.3) is 0 Å². The Kier molecular flexibility index (Phi) is 3.84. The average Bonchev–Trinajstić information content (AvgIpc) is 2.39. The summed E-state index contributed by atoms with van der Waals surface area (Å²) < 4.78 is 26.6. The molecule has 2 rings (SSSR count). The van der Waals surface area contributed by atoms with Crippen molar-refractivity contribution in [3.63, 3.8) is 0 Å². The van der Waals surface area contributed by atoms with Crippen LogP contribution in [0.2, 0.25) is 0 Å². The number of hydrogen-bond donors (Lipinski definition) is 2. The van der Waals surface area contributed by atoms with E-state index in [4.69, 9.17) is 5.84 Å². The minimum atomic E-state index is -3.45. The van der Waals surface area contributed by atoms with Crippen LogP contribution in [0.15, 0.2) is 23.2 Å². The van der Waals surface area contributed by atoms with E-state index >= 15 is 0 Å². The van der Waals surface area contributed by atoms with Gasteiger partial charge in [-0.25, -0.2) is 19.2 Å².